The van der Waals surface area contributed by atoms with Crippen LogP contribution in [-0.2, 0) is 13.0 Å². The summed E-state index contributed by atoms with van der Waals surface area (Å²) in [5.74, 6) is 1.93. The average Bonchev–Trinajstić information content (AvgIpc) is 3.24. The number of para-hydroxylation sites is 1. The summed E-state index contributed by atoms with van der Waals surface area (Å²) in [7, 11) is 0. The van der Waals surface area contributed by atoms with Crippen molar-refractivity contribution in [2.45, 2.75) is 38.3 Å². The molecule has 1 aromatic carbocycles. The van der Waals surface area contributed by atoms with Crippen molar-refractivity contribution in [2.75, 3.05) is 13.1 Å². The zero-order valence-electron chi connectivity index (χ0n) is 14.7. The van der Waals surface area contributed by atoms with E-state index in [9.17, 15) is 5.11 Å². The molecule has 3 aromatic rings. The molecule has 1 unspecified atom stereocenters. The molecule has 1 aliphatic rings. The maximum atomic E-state index is 11.0. The molecular weight excluding hydrogens is 332 g/mol. The zero-order chi connectivity index (χ0) is 18.0. The largest absolute Gasteiger partial charge is 0.388 e. The highest BCUT2D eigenvalue weighted by molar-refractivity contribution is 5.30. The van der Waals surface area contributed by atoms with Crippen LogP contribution in [0.3, 0.4) is 0 Å². The molecule has 0 amide bonds. The Morgan fingerprint density at radius 3 is 2.88 bits per heavy atom. The standard InChI is InChI=1S/C18H22N6O2/c1-14-21-17(26-22-14)10-18(25)8-5-9-23(12-18)11-16-19-13-20-24(16)15-6-3-2-4-7-15/h2-4,6-7,13,25H,5,8-12H2,1H3. The van der Waals surface area contributed by atoms with Gasteiger partial charge in [-0.2, -0.15) is 10.1 Å². The molecular formula is C18H22N6O2. The molecule has 2 aromatic heterocycles. The molecule has 8 heteroatoms. The number of nitrogens with zero attached hydrogens (tertiary/aromatic N) is 6. The molecule has 0 aliphatic carbocycles. The topological polar surface area (TPSA) is 93.1 Å². The number of hydrogen-bond acceptors (Lipinski definition) is 7. The lowest BCUT2D eigenvalue weighted by Gasteiger charge is -2.38. The van der Waals surface area contributed by atoms with Gasteiger partial charge in [-0.3, -0.25) is 4.90 Å². The quantitative estimate of drug-likeness (QED) is 0.742. The van der Waals surface area contributed by atoms with Crippen LogP contribution >= 0.6 is 0 Å². The van der Waals surface area contributed by atoms with Gasteiger partial charge in [0, 0.05) is 6.54 Å². The highest BCUT2D eigenvalue weighted by Gasteiger charge is 2.35. The highest BCUT2D eigenvalue weighted by atomic mass is 16.5. The Labute approximate surface area is 151 Å². The van der Waals surface area contributed by atoms with Crippen LogP contribution in [0, 0.1) is 6.92 Å². The summed E-state index contributed by atoms with van der Waals surface area (Å²) in [4.78, 5) is 10.8. The van der Waals surface area contributed by atoms with Crippen LogP contribution < -0.4 is 0 Å². The normalized spacial score (nSPS) is 21.2. The van der Waals surface area contributed by atoms with E-state index in [0.29, 0.717) is 31.2 Å². The van der Waals surface area contributed by atoms with Crippen LogP contribution in [0.25, 0.3) is 5.69 Å². The number of aromatic nitrogens is 5. The van der Waals surface area contributed by atoms with Crippen molar-refractivity contribution in [3.05, 3.63) is 54.2 Å². The summed E-state index contributed by atoms with van der Waals surface area (Å²) in [6.45, 7) is 3.85. The number of piperidine rings is 1. The molecule has 1 N–H and O–H groups in total. The van der Waals surface area contributed by atoms with Crippen LogP contribution in [0.15, 0.2) is 41.2 Å². The third-order valence-corrected chi connectivity index (χ3v) is 4.67. The molecule has 26 heavy (non-hydrogen) atoms. The molecule has 8 nitrogen and oxygen atoms in total. The van der Waals surface area contributed by atoms with Crippen LogP contribution in [0.1, 0.15) is 30.4 Å². The van der Waals surface area contributed by atoms with E-state index in [1.165, 1.54) is 0 Å². The van der Waals surface area contributed by atoms with E-state index in [4.69, 9.17) is 4.52 Å². The first kappa shape index (κ1) is 16.9. The van der Waals surface area contributed by atoms with Gasteiger partial charge in [0.15, 0.2) is 5.82 Å². The lowest BCUT2D eigenvalue weighted by atomic mass is 9.89. The molecule has 0 spiro atoms. The Kier molecular flexibility index (Phi) is 4.52. The van der Waals surface area contributed by atoms with E-state index < -0.39 is 5.60 Å². The maximum Gasteiger partial charge on any atom is 0.229 e. The summed E-state index contributed by atoms with van der Waals surface area (Å²) in [6, 6.07) is 9.94. The van der Waals surface area contributed by atoms with Crippen LogP contribution in [0.4, 0.5) is 0 Å². The van der Waals surface area contributed by atoms with Gasteiger partial charge >= 0.3 is 0 Å². The van der Waals surface area contributed by atoms with Gasteiger partial charge in [-0.1, -0.05) is 23.4 Å². The Balaban J connectivity index is 1.47. The first-order chi connectivity index (χ1) is 12.6. The van der Waals surface area contributed by atoms with Gasteiger partial charge in [-0.25, -0.2) is 9.67 Å². The molecule has 0 bridgehead atoms. The summed E-state index contributed by atoms with van der Waals surface area (Å²) in [5.41, 5.74) is 0.114. The molecule has 1 saturated heterocycles. The van der Waals surface area contributed by atoms with Gasteiger partial charge in [0.05, 0.1) is 24.3 Å². The fraction of sp³-hybridized carbons (Fsp3) is 0.444. The van der Waals surface area contributed by atoms with Gasteiger partial charge < -0.3 is 9.63 Å². The third-order valence-electron chi connectivity index (χ3n) is 4.67. The first-order valence-electron chi connectivity index (χ1n) is 8.80. The van der Waals surface area contributed by atoms with E-state index in [0.717, 1.165) is 30.9 Å². The maximum absolute atomic E-state index is 11.0. The monoisotopic (exact) mass is 354 g/mol. The van der Waals surface area contributed by atoms with E-state index in [1.54, 1.807) is 13.3 Å². The van der Waals surface area contributed by atoms with Crippen LogP contribution in [0.2, 0.25) is 0 Å². The Bertz CT molecular complexity index is 861. The highest BCUT2D eigenvalue weighted by Crippen LogP contribution is 2.26. The van der Waals surface area contributed by atoms with Crippen molar-refractivity contribution < 1.29 is 9.63 Å². The van der Waals surface area contributed by atoms with Crippen LogP contribution in [-0.4, -0.2) is 53.6 Å². The second-order valence-electron chi connectivity index (χ2n) is 6.87. The fourth-order valence-corrected chi connectivity index (χ4v) is 3.54. The van der Waals surface area contributed by atoms with Gasteiger partial charge in [-0.15, -0.1) is 0 Å². The van der Waals surface area contributed by atoms with E-state index >= 15 is 0 Å². The molecule has 4 rings (SSSR count). The van der Waals surface area contributed by atoms with Gasteiger partial charge in [0.25, 0.3) is 0 Å². The van der Waals surface area contributed by atoms with Gasteiger partial charge in [0.1, 0.15) is 12.2 Å². The summed E-state index contributed by atoms with van der Waals surface area (Å²) < 4.78 is 7.03. The number of aliphatic hydroxyl groups is 1. The van der Waals surface area contributed by atoms with E-state index in [-0.39, 0.29) is 0 Å². The molecule has 1 atom stereocenters. The molecule has 0 saturated carbocycles. The summed E-state index contributed by atoms with van der Waals surface area (Å²) in [5, 5.41) is 19.2. The Hall–Kier alpha value is -2.58. The van der Waals surface area contributed by atoms with Gasteiger partial charge in [0.2, 0.25) is 5.89 Å². The number of benzene rings is 1. The van der Waals surface area contributed by atoms with E-state index in [1.807, 2.05) is 35.0 Å². The van der Waals surface area contributed by atoms with Crippen molar-refractivity contribution in [1.29, 1.82) is 0 Å². The Morgan fingerprint density at radius 2 is 2.12 bits per heavy atom. The van der Waals surface area contributed by atoms with Crippen molar-refractivity contribution in [1.82, 2.24) is 29.8 Å². The van der Waals surface area contributed by atoms with Crippen LogP contribution in [0.5, 0.6) is 0 Å². The summed E-state index contributed by atoms with van der Waals surface area (Å²) in [6.07, 6.45) is 3.56. The molecule has 1 fully saturated rings. The predicted octanol–water partition coefficient (Wildman–Crippen LogP) is 1.53. The molecule has 1 aliphatic heterocycles. The number of aryl methyl sites for hydroxylation is 1. The lowest BCUT2D eigenvalue weighted by molar-refractivity contribution is -0.0381. The zero-order valence-corrected chi connectivity index (χ0v) is 14.7. The minimum Gasteiger partial charge on any atom is -0.388 e. The first-order valence-corrected chi connectivity index (χ1v) is 8.80. The van der Waals surface area contributed by atoms with Gasteiger partial charge in [-0.05, 0) is 38.4 Å². The second-order valence-corrected chi connectivity index (χ2v) is 6.87. The van der Waals surface area contributed by atoms with Crippen molar-refractivity contribution >= 4 is 0 Å². The molecule has 136 valence electrons. The van der Waals surface area contributed by atoms with E-state index in [2.05, 4.69) is 25.1 Å². The number of likely N-dealkylation sites (tertiary alicyclic amines) is 1. The third kappa shape index (κ3) is 3.66. The van der Waals surface area contributed by atoms with Crippen molar-refractivity contribution in [3.63, 3.8) is 0 Å². The lowest BCUT2D eigenvalue weighted by Crippen LogP contribution is -2.49. The minimum atomic E-state index is -0.866. The molecule has 0 radical (unpaired) electrons. The minimum absolute atomic E-state index is 0.371. The number of rotatable bonds is 5. The SMILES string of the molecule is Cc1noc(CC2(O)CCCN(Cc3ncnn3-c3ccccc3)C2)n1. The van der Waals surface area contributed by atoms with Crippen molar-refractivity contribution in [2.24, 2.45) is 0 Å². The second kappa shape index (κ2) is 6.97. The number of hydrogen-bond donors (Lipinski definition) is 1. The Morgan fingerprint density at radius 1 is 1.27 bits per heavy atom. The number of β-amino-alcohol motifs (C(OH)–C–C–N with tert-alkyl or cyclic N) is 1. The summed E-state index contributed by atoms with van der Waals surface area (Å²) >= 11 is 0. The fourth-order valence-electron chi connectivity index (χ4n) is 3.54. The average molecular weight is 354 g/mol. The molecule has 3 heterocycles. The van der Waals surface area contributed by atoms with Crippen molar-refractivity contribution in [3.8, 4) is 5.69 Å². The predicted molar refractivity (Wildman–Crippen MR) is 93.6 cm³/mol. The smallest absolute Gasteiger partial charge is 0.229 e.